The summed E-state index contributed by atoms with van der Waals surface area (Å²) >= 11 is 0. The predicted octanol–water partition coefficient (Wildman–Crippen LogP) is 1.60. The van der Waals surface area contributed by atoms with Crippen LogP contribution in [0.2, 0.25) is 0 Å². The third kappa shape index (κ3) is 5.73. The summed E-state index contributed by atoms with van der Waals surface area (Å²) in [5.41, 5.74) is 0.854. The average Bonchev–Trinajstić information content (AvgIpc) is 2.38. The lowest BCUT2D eigenvalue weighted by Gasteiger charge is -2.13. The maximum atomic E-state index is 11.7. The van der Waals surface area contributed by atoms with E-state index in [0.29, 0.717) is 19.3 Å². The van der Waals surface area contributed by atoms with Crippen LogP contribution in [-0.4, -0.2) is 23.0 Å². The first kappa shape index (κ1) is 14.8. The van der Waals surface area contributed by atoms with Gasteiger partial charge in [0.15, 0.2) is 0 Å². The molecule has 100 valence electrons. The lowest BCUT2D eigenvalue weighted by molar-refractivity contribution is -0.141. The Morgan fingerprint density at radius 3 is 2.58 bits per heavy atom. The highest BCUT2D eigenvalue weighted by atomic mass is 16.4. The van der Waals surface area contributed by atoms with Gasteiger partial charge in [0.2, 0.25) is 5.91 Å². The molecule has 0 bridgehead atoms. The molecule has 0 saturated carbocycles. The van der Waals surface area contributed by atoms with Gasteiger partial charge >= 0.3 is 5.97 Å². The number of aliphatic carboxylic acids is 1. The van der Waals surface area contributed by atoms with Crippen molar-refractivity contribution in [3.63, 3.8) is 0 Å². The molecule has 0 fully saturated rings. The summed E-state index contributed by atoms with van der Waals surface area (Å²) in [6, 6.07) is 8.32. The molecule has 1 amide bonds. The quantitative estimate of drug-likeness (QED) is 0.577. The second-order valence-electron chi connectivity index (χ2n) is 4.22. The highest BCUT2D eigenvalue weighted by Crippen LogP contribution is 2.03. The molecule has 0 radical (unpaired) electrons. The fourth-order valence-electron chi connectivity index (χ4n) is 1.69. The van der Waals surface area contributed by atoms with E-state index in [9.17, 15) is 9.59 Å². The third-order valence-corrected chi connectivity index (χ3v) is 2.65. The minimum Gasteiger partial charge on any atom is -0.480 e. The van der Waals surface area contributed by atoms with Crippen molar-refractivity contribution in [1.82, 2.24) is 5.32 Å². The Balaban J connectivity index is 2.47. The van der Waals surface area contributed by atoms with Crippen LogP contribution in [0.3, 0.4) is 0 Å². The van der Waals surface area contributed by atoms with Gasteiger partial charge in [0, 0.05) is 6.42 Å². The van der Waals surface area contributed by atoms with Gasteiger partial charge in [-0.25, -0.2) is 4.79 Å². The fraction of sp³-hybridized carbons (Fsp3) is 0.333. The zero-order valence-electron chi connectivity index (χ0n) is 10.6. The zero-order chi connectivity index (χ0) is 14.1. The van der Waals surface area contributed by atoms with Gasteiger partial charge in [-0.15, -0.1) is 12.3 Å². The smallest absolute Gasteiger partial charge is 0.326 e. The van der Waals surface area contributed by atoms with Gasteiger partial charge in [-0.2, -0.15) is 0 Å². The van der Waals surface area contributed by atoms with Crippen molar-refractivity contribution in [3.8, 4) is 12.3 Å². The van der Waals surface area contributed by atoms with Crippen molar-refractivity contribution >= 4 is 11.9 Å². The highest BCUT2D eigenvalue weighted by Gasteiger charge is 2.19. The van der Waals surface area contributed by atoms with Gasteiger partial charge in [0.25, 0.3) is 0 Å². The molecule has 1 aromatic rings. The highest BCUT2D eigenvalue weighted by molar-refractivity contribution is 5.84. The molecule has 1 aromatic carbocycles. The van der Waals surface area contributed by atoms with Crippen LogP contribution >= 0.6 is 0 Å². The van der Waals surface area contributed by atoms with E-state index in [2.05, 4.69) is 11.2 Å². The van der Waals surface area contributed by atoms with Crippen LogP contribution in [0.5, 0.6) is 0 Å². The van der Waals surface area contributed by atoms with Gasteiger partial charge in [0.05, 0.1) is 6.42 Å². The molecule has 0 aromatic heterocycles. The van der Waals surface area contributed by atoms with Crippen LogP contribution < -0.4 is 5.32 Å². The first-order valence-electron chi connectivity index (χ1n) is 6.13. The standard InChI is InChI=1S/C15H17NO3/c1-2-3-5-10-13(15(18)19)16-14(17)11-12-8-6-4-7-9-12/h1,4,6-9,13H,3,5,10-11H2,(H,16,17)(H,18,19)/t13-/m1/s1. The van der Waals surface area contributed by atoms with Gasteiger partial charge in [-0.1, -0.05) is 30.3 Å². The number of carboxylic acids is 1. The molecule has 4 nitrogen and oxygen atoms in total. The molecule has 0 aliphatic carbocycles. The van der Waals surface area contributed by atoms with E-state index < -0.39 is 12.0 Å². The minimum atomic E-state index is -1.03. The van der Waals surface area contributed by atoms with E-state index >= 15 is 0 Å². The Hall–Kier alpha value is -2.28. The number of nitrogens with one attached hydrogen (secondary N) is 1. The average molecular weight is 259 g/mol. The van der Waals surface area contributed by atoms with Gasteiger partial charge in [-0.3, -0.25) is 4.79 Å². The molecule has 1 atom stereocenters. The summed E-state index contributed by atoms with van der Waals surface area (Å²) in [5, 5.41) is 11.5. The van der Waals surface area contributed by atoms with E-state index in [4.69, 9.17) is 11.5 Å². The number of unbranched alkanes of at least 4 members (excludes halogenated alkanes) is 1. The Morgan fingerprint density at radius 1 is 1.32 bits per heavy atom. The molecule has 2 N–H and O–H groups in total. The first-order chi connectivity index (χ1) is 9.13. The van der Waals surface area contributed by atoms with E-state index in [-0.39, 0.29) is 12.3 Å². The van der Waals surface area contributed by atoms with Crippen LogP contribution in [-0.2, 0) is 16.0 Å². The number of hydrogen-bond acceptors (Lipinski definition) is 2. The Kier molecular flexibility index (Phi) is 6.17. The normalized spacial score (nSPS) is 11.3. The van der Waals surface area contributed by atoms with Crippen LogP contribution in [0.15, 0.2) is 30.3 Å². The molecule has 1 rings (SSSR count). The molecule has 4 heteroatoms. The maximum absolute atomic E-state index is 11.7. The molecule has 0 spiro atoms. The van der Waals surface area contributed by atoms with Gasteiger partial charge < -0.3 is 10.4 Å². The number of carbonyl (C=O) groups excluding carboxylic acids is 1. The summed E-state index contributed by atoms with van der Waals surface area (Å²) in [5.74, 6) is 1.13. The number of terminal acetylenes is 1. The molecular weight excluding hydrogens is 242 g/mol. The topological polar surface area (TPSA) is 66.4 Å². The number of hydrogen-bond donors (Lipinski definition) is 2. The summed E-state index contributed by atoms with van der Waals surface area (Å²) in [7, 11) is 0. The third-order valence-electron chi connectivity index (χ3n) is 2.65. The number of carboxylic acid groups (broad SMARTS) is 1. The van der Waals surface area contributed by atoms with Crippen molar-refractivity contribution in [2.45, 2.75) is 31.7 Å². The number of rotatable bonds is 7. The number of benzene rings is 1. The van der Waals surface area contributed by atoms with Crippen LogP contribution in [0, 0.1) is 12.3 Å². The molecule has 19 heavy (non-hydrogen) atoms. The van der Waals surface area contributed by atoms with E-state index in [0.717, 1.165) is 5.56 Å². The molecule has 0 aliphatic rings. The summed E-state index contributed by atoms with van der Waals surface area (Å²) in [6.07, 6.45) is 6.73. The molecule has 0 unspecified atom stereocenters. The molecular formula is C15H17NO3. The summed E-state index contributed by atoms with van der Waals surface area (Å²) < 4.78 is 0. The SMILES string of the molecule is C#CCCC[C@@H](NC(=O)Cc1ccccc1)C(=O)O. The Bertz CT molecular complexity index is 462. The van der Waals surface area contributed by atoms with Crippen molar-refractivity contribution in [2.75, 3.05) is 0 Å². The maximum Gasteiger partial charge on any atom is 0.326 e. The van der Waals surface area contributed by atoms with Gasteiger partial charge in [-0.05, 0) is 18.4 Å². The molecule has 0 heterocycles. The van der Waals surface area contributed by atoms with Crippen LogP contribution in [0.1, 0.15) is 24.8 Å². The molecule has 0 aliphatic heterocycles. The second kappa shape index (κ2) is 7.93. The van der Waals surface area contributed by atoms with E-state index in [1.807, 2.05) is 30.3 Å². The Morgan fingerprint density at radius 2 is 2.00 bits per heavy atom. The van der Waals surface area contributed by atoms with Crippen LogP contribution in [0.25, 0.3) is 0 Å². The Labute approximate surface area is 112 Å². The largest absolute Gasteiger partial charge is 0.480 e. The second-order valence-corrected chi connectivity index (χ2v) is 4.22. The van der Waals surface area contributed by atoms with Crippen molar-refractivity contribution in [1.29, 1.82) is 0 Å². The summed E-state index contributed by atoms with van der Waals surface area (Å²) in [4.78, 5) is 22.8. The fourth-order valence-corrected chi connectivity index (χ4v) is 1.69. The first-order valence-corrected chi connectivity index (χ1v) is 6.13. The van der Waals surface area contributed by atoms with E-state index in [1.165, 1.54) is 0 Å². The lowest BCUT2D eigenvalue weighted by Crippen LogP contribution is -2.41. The van der Waals surface area contributed by atoms with Crippen LogP contribution in [0.4, 0.5) is 0 Å². The predicted molar refractivity (Wildman–Crippen MR) is 72.4 cm³/mol. The van der Waals surface area contributed by atoms with Crippen molar-refractivity contribution < 1.29 is 14.7 Å². The summed E-state index contributed by atoms with van der Waals surface area (Å²) in [6.45, 7) is 0. The van der Waals surface area contributed by atoms with Crippen molar-refractivity contribution in [3.05, 3.63) is 35.9 Å². The van der Waals surface area contributed by atoms with Crippen molar-refractivity contribution in [2.24, 2.45) is 0 Å². The lowest BCUT2D eigenvalue weighted by atomic mass is 10.1. The molecule has 0 saturated heterocycles. The monoisotopic (exact) mass is 259 g/mol. The number of carbonyl (C=O) groups is 2. The van der Waals surface area contributed by atoms with E-state index in [1.54, 1.807) is 0 Å². The van der Waals surface area contributed by atoms with Gasteiger partial charge in [0.1, 0.15) is 6.04 Å². The number of amides is 1. The minimum absolute atomic E-state index is 0.180. The zero-order valence-corrected chi connectivity index (χ0v) is 10.6.